The van der Waals surface area contributed by atoms with Gasteiger partial charge in [0.15, 0.2) is 0 Å². The summed E-state index contributed by atoms with van der Waals surface area (Å²) in [4.78, 5) is 27.4. The summed E-state index contributed by atoms with van der Waals surface area (Å²) in [6, 6.07) is 13.9. The molecule has 2 aliphatic heterocycles. The fourth-order valence-corrected chi connectivity index (χ4v) is 5.25. The van der Waals surface area contributed by atoms with Crippen molar-refractivity contribution in [1.82, 2.24) is 5.32 Å². The van der Waals surface area contributed by atoms with Crippen molar-refractivity contribution in [3.63, 3.8) is 0 Å². The van der Waals surface area contributed by atoms with Gasteiger partial charge in [0.1, 0.15) is 23.3 Å². The zero-order valence-corrected chi connectivity index (χ0v) is 22.6. The van der Waals surface area contributed by atoms with E-state index >= 15 is 0 Å². The Balaban J connectivity index is 1.36. The lowest BCUT2D eigenvalue weighted by molar-refractivity contribution is -0.119. The molecule has 10 heteroatoms. The summed E-state index contributed by atoms with van der Waals surface area (Å²) >= 11 is 0. The maximum Gasteiger partial charge on any atom is 0.258 e. The van der Waals surface area contributed by atoms with Crippen LogP contribution in [0.5, 0.6) is 0 Å². The number of amidine groups is 1. The third kappa shape index (κ3) is 7.07. The van der Waals surface area contributed by atoms with Crippen molar-refractivity contribution in [2.45, 2.75) is 38.1 Å². The van der Waals surface area contributed by atoms with Crippen molar-refractivity contribution < 1.29 is 23.1 Å². The number of anilines is 3. The molecule has 0 aromatic heterocycles. The lowest BCUT2D eigenvalue weighted by atomic mass is 10.0. The van der Waals surface area contributed by atoms with Crippen molar-refractivity contribution in [3.8, 4) is 0 Å². The Hall–Kier alpha value is -4.31. The van der Waals surface area contributed by atoms with Crippen LogP contribution in [0.4, 0.5) is 25.8 Å². The molecule has 3 aromatic rings. The molecule has 0 saturated carbocycles. The first-order valence-corrected chi connectivity index (χ1v) is 13.7. The molecule has 0 bridgehead atoms. The normalized spacial score (nSPS) is 16.0. The fourth-order valence-electron chi connectivity index (χ4n) is 5.25. The van der Waals surface area contributed by atoms with Crippen LogP contribution >= 0.6 is 0 Å². The van der Waals surface area contributed by atoms with Crippen molar-refractivity contribution in [2.75, 3.05) is 42.3 Å². The molecule has 0 unspecified atom stereocenters. The highest BCUT2D eigenvalue weighted by atomic mass is 19.1. The highest BCUT2D eigenvalue weighted by Crippen LogP contribution is 2.28. The van der Waals surface area contributed by atoms with Crippen LogP contribution in [0.3, 0.4) is 0 Å². The van der Waals surface area contributed by atoms with Crippen LogP contribution in [-0.4, -0.2) is 49.9 Å². The summed E-state index contributed by atoms with van der Waals surface area (Å²) in [7, 11) is 0. The van der Waals surface area contributed by atoms with Crippen LogP contribution in [-0.2, 0) is 16.0 Å². The van der Waals surface area contributed by atoms with Crippen molar-refractivity contribution in [3.05, 3.63) is 88.5 Å². The van der Waals surface area contributed by atoms with E-state index in [0.29, 0.717) is 72.8 Å². The molecule has 3 aromatic carbocycles. The van der Waals surface area contributed by atoms with Crippen molar-refractivity contribution in [2.24, 2.45) is 0 Å². The maximum atomic E-state index is 13.7. The SMILES string of the molecule is N=C(NC(=O)c1ccc(N2CCC(=O)CC2)cc1NC1CCOCC1)c1cc(Cc2cc(F)cc(F)c2)ccc1N. The minimum Gasteiger partial charge on any atom is -0.398 e. The topological polar surface area (TPSA) is 121 Å². The maximum absolute atomic E-state index is 13.7. The Morgan fingerprint density at radius 2 is 1.66 bits per heavy atom. The van der Waals surface area contributed by atoms with Crippen molar-refractivity contribution in [1.29, 1.82) is 5.41 Å². The van der Waals surface area contributed by atoms with Gasteiger partial charge in [-0.2, -0.15) is 0 Å². The number of nitrogens with one attached hydrogen (secondary N) is 3. The molecule has 1 amide bonds. The molecule has 2 aliphatic rings. The summed E-state index contributed by atoms with van der Waals surface area (Å²) in [5.41, 5.74) is 9.81. The number of hydrogen-bond acceptors (Lipinski definition) is 7. The van der Waals surface area contributed by atoms with E-state index in [0.717, 1.165) is 24.6 Å². The molecular formula is C31H33F2N5O3. The molecule has 2 saturated heterocycles. The number of nitrogens with two attached hydrogens (primary N) is 1. The largest absolute Gasteiger partial charge is 0.398 e. The van der Waals surface area contributed by atoms with Crippen LogP contribution in [0.25, 0.3) is 0 Å². The number of nitrogen functional groups attached to an aromatic ring is 1. The number of amides is 1. The number of piperidine rings is 1. The lowest BCUT2D eigenvalue weighted by Crippen LogP contribution is -2.35. The quantitative estimate of drug-likeness (QED) is 0.189. The predicted octanol–water partition coefficient (Wildman–Crippen LogP) is 4.65. The molecule has 0 radical (unpaired) electrons. The number of benzene rings is 3. The van der Waals surface area contributed by atoms with Gasteiger partial charge in [0.05, 0.1) is 5.56 Å². The van der Waals surface area contributed by atoms with Gasteiger partial charge in [-0.05, 0) is 72.9 Å². The Morgan fingerprint density at radius 3 is 2.37 bits per heavy atom. The second-order valence-corrected chi connectivity index (χ2v) is 10.5. The molecule has 2 fully saturated rings. The average molecular weight is 562 g/mol. The highest BCUT2D eigenvalue weighted by molar-refractivity contribution is 6.15. The van der Waals surface area contributed by atoms with E-state index in [2.05, 4.69) is 15.5 Å². The summed E-state index contributed by atoms with van der Waals surface area (Å²) in [6.45, 7) is 2.53. The zero-order valence-electron chi connectivity index (χ0n) is 22.6. The molecule has 5 N–H and O–H groups in total. The van der Waals surface area contributed by atoms with Crippen LogP contribution in [0.2, 0.25) is 0 Å². The Kier molecular flexibility index (Phi) is 8.58. The van der Waals surface area contributed by atoms with Crippen LogP contribution in [0, 0.1) is 17.0 Å². The summed E-state index contributed by atoms with van der Waals surface area (Å²) in [5.74, 6) is -1.73. The second-order valence-electron chi connectivity index (χ2n) is 10.5. The lowest BCUT2D eigenvalue weighted by Gasteiger charge is -2.30. The number of rotatable bonds is 7. The summed E-state index contributed by atoms with van der Waals surface area (Å²) in [5, 5.41) is 14.8. The fraction of sp³-hybridized carbons (Fsp3) is 0.323. The third-order valence-corrected chi connectivity index (χ3v) is 7.47. The Morgan fingerprint density at radius 1 is 0.951 bits per heavy atom. The predicted molar refractivity (Wildman–Crippen MR) is 155 cm³/mol. The summed E-state index contributed by atoms with van der Waals surface area (Å²) in [6.07, 6.45) is 2.83. The molecule has 0 atom stereocenters. The first-order valence-electron chi connectivity index (χ1n) is 13.7. The zero-order chi connectivity index (χ0) is 28.9. The highest BCUT2D eigenvalue weighted by Gasteiger charge is 2.22. The third-order valence-electron chi connectivity index (χ3n) is 7.47. The number of Topliss-reactive ketones (excluding diaryl/α,β-unsaturated/α-hetero) is 1. The average Bonchev–Trinajstić information content (AvgIpc) is 2.94. The first-order chi connectivity index (χ1) is 19.7. The van der Waals surface area contributed by atoms with Gasteiger partial charge in [0, 0.05) is 73.9 Å². The number of ketones is 1. The Bertz CT molecular complexity index is 1440. The van der Waals surface area contributed by atoms with Crippen molar-refractivity contribution >= 4 is 34.6 Å². The molecule has 0 spiro atoms. The van der Waals surface area contributed by atoms with Crippen LogP contribution < -0.4 is 21.3 Å². The van der Waals surface area contributed by atoms with Gasteiger partial charge in [-0.3, -0.25) is 15.0 Å². The van der Waals surface area contributed by atoms with Gasteiger partial charge in [-0.25, -0.2) is 8.78 Å². The number of nitrogens with zero attached hydrogens (tertiary/aromatic N) is 1. The minimum atomic E-state index is -0.666. The van der Waals surface area contributed by atoms with Gasteiger partial charge in [0.25, 0.3) is 5.91 Å². The standard InChI is InChI=1S/C31H33F2N5O3/c32-21-14-20(15-22(33)17-21)13-19-1-4-28(34)27(16-19)30(35)37-31(40)26-3-2-24(38-9-5-25(39)6-10-38)18-29(26)36-23-7-11-41-12-8-23/h1-4,14-18,23,36H,5-13,34H2,(H2,35,37,40). The van der Waals surface area contributed by atoms with E-state index < -0.39 is 17.5 Å². The number of ether oxygens (including phenoxy) is 1. The Labute approximate surface area is 237 Å². The molecule has 8 nitrogen and oxygen atoms in total. The van der Waals surface area contributed by atoms with Gasteiger partial charge >= 0.3 is 0 Å². The molecule has 2 heterocycles. The van der Waals surface area contributed by atoms with Crippen LogP contribution in [0.15, 0.2) is 54.6 Å². The number of halogens is 2. The number of carbonyl (C=O) groups excluding carboxylic acids is 2. The molecule has 214 valence electrons. The molecule has 41 heavy (non-hydrogen) atoms. The van der Waals surface area contributed by atoms with E-state index in [9.17, 15) is 18.4 Å². The molecule has 5 rings (SSSR count). The second kappa shape index (κ2) is 12.5. The van der Waals surface area contributed by atoms with E-state index in [1.54, 1.807) is 24.3 Å². The minimum absolute atomic E-state index is 0.132. The van der Waals surface area contributed by atoms with Gasteiger partial charge in [0.2, 0.25) is 0 Å². The van der Waals surface area contributed by atoms with E-state index in [1.807, 2.05) is 12.1 Å². The van der Waals surface area contributed by atoms with E-state index in [4.69, 9.17) is 15.9 Å². The smallest absolute Gasteiger partial charge is 0.258 e. The van der Waals surface area contributed by atoms with Gasteiger partial charge in [-0.15, -0.1) is 0 Å². The monoisotopic (exact) mass is 561 g/mol. The number of carbonyl (C=O) groups is 2. The van der Waals surface area contributed by atoms with E-state index in [1.165, 1.54) is 12.1 Å². The molecule has 0 aliphatic carbocycles. The summed E-state index contributed by atoms with van der Waals surface area (Å²) < 4.78 is 32.8. The van der Waals surface area contributed by atoms with Crippen LogP contribution in [0.1, 0.15) is 52.7 Å². The first kappa shape index (κ1) is 28.2. The van der Waals surface area contributed by atoms with E-state index in [-0.39, 0.29) is 24.1 Å². The van der Waals surface area contributed by atoms with Gasteiger partial charge in [-0.1, -0.05) is 6.07 Å². The van der Waals surface area contributed by atoms with Gasteiger partial charge < -0.3 is 26.0 Å². The number of hydrogen-bond donors (Lipinski definition) is 4. The molecular weight excluding hydrogens is 528 g/mol.